The first-order valence-electron chi connectivity index (χ1n) is 6.91. The molecule has 4 atom stereocenters. The summed E-state index contributed by atoms with van der Waals surface area (Å²) < 4.78 is 2.73. The second-order valence-corrected chi connectivity index (χ2v) is 9.21. The Morgan fingerprint density at radius 2 is 1.59 bits per heavy atom. The van der Waals surface area contributed by atoms with Gasteiger partial charge < -0.3 is 0 Å². The minimum atomic E-state index is 0.381. The van der Waals surface area contributed by atoms with E-state index >= 15 is 0 Å². The normalized spacial score (nSPS) is 29.8. The highest BCUT2D eigenvalue weighted by Gasteiger charge is 2.42. The van der Waals surface area contributed by atoms with Crippen molar-refractivity contribution in [2.75, 3.05) is 6.54 Å². The Kier molecular flexibility index (Phi) is 5.47. The van der Waals surface area contributed by atoms with Gasteiger partial charge in [0, 0.05) is 12.6 Å². The Balaban J connectivity index is 3.05. The first kappa shape index (κ1) is 15.9. The highest BCUT2D eigenvalue weighted by atomic mass is 32.0. The number of hydrogen-bond acceptors (Lipinski definition) is 1. The summed E-state index contributed by atoms with van der Waals surface area (Å²) in [4.78, 5) is 0. The lowest BCUT2D eigenvalue weighted by Gasteiger charge is -2.47. The first-order valence-corrected chi connectivity index (χ1v) is 9.66. The minimum Gasteiger partial charge on any atom is -0.277 e. The molecular formula is C14H31NP2. The summed E-state index contributed by atoms with van der Waals surface area (Å²) in [5, 5.41) is 0. The van der Waals surface area contributed by atoms with E-state index in [-0.39, 0.29) is 0 Å². The zero-order valence-electron chi connectivity index (χ0n) is 12.5. The molecule has 0 aromatic carbocycles. The van der Waals surface area contributed by atoms with Crippen LogP contribution in [0.5, 0.6) is 0 Å². The Bertz CT molecular complexity index is 240. The summed E-state index contributed by atoms with van der Waals surface area (Å²) in [6.45, 7) is 15.8. The zero-order valence-corrected chi connectivity index (χ0v) is 14.7. The molecule has 0 radical (unpaired) electrons. The molecule has 1 nitrogen and oxygen atoms in total. The van der Waals surface area contributed by atoms with Crippen LogP contribution in [0.3, 0.4) is 0 Å². The van der Waals surface area contributed by atoms with Crippen molar-refractivity contribution >= 4 is 17.3 Å². The van der Waals surface area contributed by atoms with Gasteiger partial charge in [0.1, 0.15) is 0 Å². The molecule has 1 rings (SSSR count). The number of hydrogen-bond donors (Lipinski definition) is 0. The number of nitrogens with zero attached hydrogens (tertiary/aromatic N) is 1. The maximum absolute atomic E-state index is 2.96. The molecule has 1 aliphatic heterocycles. The predicted molar refractivity (Wildman–Crippen MR) is 84.8 cm³/mol. The summed E-state index contributed by atoms with van der Waals surface area (Å²) in [5.41, 5.74) is 0.802. The molecule has 4 unspecified atom stereocenters. The van der Waals surface area contributed by atoms with E-state index in [0.717, 1.165) is 20.4 Å². The summed E-state index contributed by atoms with van der Waals surface area (Å²) in [6.07, 6.45) is 4.18. The van der Waals surface area contributed by atoms with Crippen molar-refractivity contribution in [1.29, 1.82) is 0 Å². The third-order valence-electron chi connectivity index (χ3n) is 4.05. The van der Waals surface area contributed by atoms with E-state index in [4.69, 9.17) is 0 Å². The summed E-state index contributed by atoms with van der Waals surface area (Å²) in [6, 6.07) is 0.723. The zero-order chi connectivity index (χ0) is 13.3. The van der Waals surface area contributed by atoms with Gasteiger partial charge in [0.25, 0.3) is 0 Å². The molecule has 0 aromatic rings. The van der Waals surface area contributed by atoms with Gasteiger partial charge in [0.15, 0.2) is 0 Å². The SMILES string of the molecule is CC(C)(C)C1CCCCN(PP)C1C(C)(C)C. The van der Waals surface area contributed by atoms with Crippen LogP contribution in [0.15, 0.2) is 0 Å². The Labute approximate surface area is 112 Å². The average molecular weight is 275 g/mol. The van der Waals surface area contributed by atoms with E-state index in [1.807, 2.05) is 0 Å². The van der Waals surface area contributed by atoms with Crippen molar-refractivity contribution in [1.82, 2.24) is 4.67 Å². The third kappa shape index (κ3) is 4.15. The second-order valence-electron chi connectivity index (χ2n) is 7.60. The Morgan fingerprint density at radius 3 is 2.00 bits per heavy atom. The standard InChI is InChI=1S/C14H31NP2/c1-13(2,3)11-9-7-8-10-15(17-16)12(11)14(4,5)6/h11-12,17H,7-10,16H2,1-6H3. The molecule has 17 heavy (non-hydrogen) atoms. The van der Waals surface area contributed by atoms with Crippen LogP contribution >= 0.6 is 17.3 Å². The fourth-order valence-electron chi connectivity index (χ4n) is 3.28. The Hall–Kier alpha value is 0.820. The van der Waals surface area contributed by atoms with Crippen LogP contribution < -0.4 is 0 Å². The predicted octanol–water partition coefficient (Wildman–Crippen LogP) is 4.93. The van der Waals surface area contributed by atoms with Gasteiger partial charge in [-0.25, -0.2) is 0 Å². The van der Waals surface area contributed by atoms with E-state index in [1.165, 1.54) is 25.8 Å². The summed E-state index contributed by atoms with van der Waals surface area (Å²) >= 11 is 0. The summed E-state index contributed by atoms with van der Waals surface area (Å²) in [5.74, 6) is 0.818. The maximum atomic E-state index is 2.96. The molecule has 0 N–H and O–H groups in total. The monoisotopic (exact) mass is 275 g/mol. The van der Waals surface area contributed by atoms with Gasteiger partial charge >= 0.3 is 0 Å². The molecule has 1 heterocycles. The van der Waals surface area contributed by atoms with E-state index < -0.39 is 0 Å². The van der Waals surface area contributed by atoms with Crippen molar-refractivity contribution < 1.29 is 0 Å². The van der Waals surface area contributed by atoms with Gasteiger partial charge in [-0.05, 0) is 38.0 Å². The van der Waals surface area contributed by atoms with Gasteiger partial charge in [-0.3, -0.25) is 4.67 Å². The molecule has 0 saturated carbocycles. The highest BCUT2D eigenvalue weighted by molar-refractivity contribution is 8.01. The molecule has 0 spiro atoms. The quantitative estimate of drug-likeness (QED) is 0.613. The molecule has 0 bridgehead atoms. The summed E-state index contributed by atoms with van der Waals surface area (Å²) in [7, 11) is 3.83. The maximum Gasteiger partial charge on any atom is 0.0216 e. The lowest BCUT2D eigenvalue weighted by atomic mass is 9.67. The topological polar surface area (TPSA) is 3.24 Å². The minimum absolute atomic E-state index is 0.381. The van der Waals surface area contributed by atoms with Crippen molar-refractivity contribution in [2.24, 2.45) is 16.7 Å². The van der Waals surface area contributed by atoms with Crippen LogP contribution in [0.4, 0.5) is 0 Å². The van der Waals surface area contributed by atoms with Gasteiger partial charge in [0.2, 0.25) is 0 Å². The van der Waals surface area contributed by atoms with Crippen LogP contribution in [-0.4, -0.2) is 17.3 Å². The van der Waals surface area contributed by atoms with Crippen LogP contribution in [0.25, 0.3) is 0 Å². The molecule has 1 aliphatic rings. The number of rotatable bonds is 1. The first-order chi connectivity index (χ1) is 7.68. The van der Waals surface area contributed by atoms with Crippen LogP contribution in [0.1, 0.15) is 60.8 Å². The van der Waals surface area contributed by atoms with Crippen molar-refractivity contribution in [3.05, 3.63) is 0 Å². The molecular weight excluding hydrogens is 244 g/mol. The smallest absolute Gasteiger partial charge is 0.0216 e. The van der Waals surface area contributed by atoms with E-state index in [9.17, 15) is 0 Å². The van der Waals surface area contributed by atoms with Crippen LogP contribution in [-0.2, 0) is 0 Å². The van der Waals surface area contributed by atoms with E-state index in [1.54, 1.807) is 0 Å². The van der Waals surface area contributed by atoms with E-state index in [2.05, 4.69) is 55.1 Å². The van der Waals surface area contributed by atoms with Gasteiger partial charge in [0.05, 0.1) is 0 Å². The second kappa shape index (κ2) is 5.85. The molecule has 1 fully saturated rings. The van der Waals surface area contributed by atoms with E-state index in [0.29, 0.717) is 10.8 Å². The fourth-order valence-corrected chi connectivity index (χ4v) is 5.17. The largest absolute Gasteiger partial charge is 0.277 e. The Morgan fingerprint density at radius 1 is 1.00 bits per heavy atom. The fraction of sp³-hybridized carbons (Fsp3) is 1.00. The van der Waals surface area contributed by atoms with Crippen molar-refractivity contribution in [3.63, 3.8) is 0 Å². The highest BCUT2D eigenvalue weighted by Crippen LogP contribution is 2.48. The van der Waals surface area contributed by atoms with Gasteiger partial charge in [-0.15, -0.1) is 0 Å². The molecule has 0 aromatic heterocycles. The molecule has 1 saturated heterocycles. The van der Waals surface area contributed by atoms with Crippen molar-refractivity contribution in [3.8, 4) is 0 Å². The third-order valence-corrected chi connectivity index (χ3v) is 5.87. The van der Waals surface area contributed by atoms with Crippen LogP contribution in [0.2, 0.25) is 0 Å². The molecule has 0 amide bonds. The molecule has 102 valence electrons. The van der Waals surface area contributed by atoms with Crippen molar-refractivity contribution in [2.45, 2.75) is 66.8 Å². The van der Waals surface area contributed by atoms with Gasteiger partial charge in [-0.2, -0.15) is 0 Å². The average Bonchev–Trinajstić information content (AvgIpc) is 2.36. The lowest BCUT2D eigenvalue weighted by Crippen LogP contribution is -2.48. The molecule has 0 aliphatic carbocycles. The lowest BCUT2D eigenvalue weighted by molar-refractivity contribution is 0.0623. The van der Waals surface area contributed by atoms with Gasteiger partial charge in [-0.1, -0.05) is 56.9 Å². The molecule has 3 heteroatoms. The van der Waals surface area contributed by atoms with Crippen LogP contribution in [0, 0.1) is 16.7 Å².